The SMILES string of the molecule is CCCC(Br)C(C)C1CCOC1. The molecule has 1 nitrogen and oxygen atoms in total. The number of alkyl halides is 1. The summed E-state index contributed by atoms with van der Waals surface area (Å²) in [6.45, 7) is 6.54. The summed E-state index contributed by atoms with van der Waals surface area (Å²) in [6, 6.07) is 0. The molecule has 1 aliphatic rings. The normalized spacial score (nSPS) is 28.8. The molecule has 0 aromatic rings. The standard InChI is InChI=1S/C10H19BrO/c1-3-4-10(11)8(2)9-5-6-12-7-9/h8-10H,3-7H2,1-2H3. The molecule has 2 heteroatoms. The number of hydrogen-bond acceptors (Lipinski definition) is 1. The van der Waals surface area contributed by atoms with E-state index in [2.05, 4.69) is 29.8 Å². The lowest BCUT2D eigenvalue weighted by atomic mass is 9.89. The van der Waals surface area contributed by atoms with Crippen LogP contribution in [0.25, 0.3) is 0 Å². The molecule has 0 aromatic carbocycles. The summed E-state index contributed by atoms with van der Waals surface area (Å²) in [6.07, 6.45) is 3.82. The number of halogens is 1. The maximum atomic E-state index is 5.39. The minimum absolute atomic E-state index is 0.689. The van der Waals surface area contributed by atoms with E-state index in [0.717, 1.165) is 25.0 Å². The van der Waals surface area contributed by atoms with Gasteiger partial charge in [-0.05, 0) is 24.7 Å². The van der Waals surface area contributed by atoms with E-state index in [1.54, 1.807) is 0 Å². The average Bonchev–Trinajstić information content (AvgIpc) is 2.55. The van der Waals surface area contributed by atoms with Crippen LogP contribution in [-0.2, 0) is 4.74 Å². The van der Waals surface area contributed by atoms with Crippen LogP contribution in [0.15, 0.2) is 0 Å². The number of hydrogen-bond donors (Lipinski definition) is 0. The predicted molar refractivity (Wildman–Crippen MR) is 55.7 cm³/mol. The summed E-state index contributed by atoms with van der Waals surface area (Å²) in [5.74, 6) is 1.56. The van der Waals surface area contributed by atoms with Gasteiger partial charge in [-0.1, -0.05) is 36.2 Å². The summed E-state index contributed by atoms with van der Waals surface area (Å²) < 4.78 is 5.39. The van der Waals surface area contributed by atoms with Gasteiger partial charge >= 0.3 is 0 Å². The van der Waals surface area contributed by atoms with Crippen molar-refractivity contribution in [2.24, 2.45) is 11.8 Å². The maximum Gasteiger partial charge on any atom is 0.0498 e. The van der Waals surface area contributed by atoms with Gasteiger partial charge in [0.15, 0.2) is 0 Å². The Bertz CT molecular complexity index is 121. The minimum Gasteiger partial charge on any atom is -0.381 e. The molecular weight excluding hydrogens is 216 g/mol. The van der Waals surface area contributed by atoms with Crippen LogP contribution in [0, 0.1) is 11.8 Å². The second-order valence-corrected chi connectivity index (χ2v) is 4.96. The Labute approximate surface area is 84.0 Å². The van der Waals surface area contributed by atoms with Gasteiger partial charge in [0.1, 0.15) is 0 Å². The van der Waals surface area contributed by atoms with Crippen molar-refractivity contribution in [2.45, 2.75) is 37.9 Å². The molecule has 0 aromatic heterocycles. The lowest BCUT2D eigenvalue weighted by Crippen LogP contribution is -2.21. The Morgan fingerprint density at radius 2 is 2.33 bits per heavy atom. The van der Waals surface area contributed by atoms with Crippen molar-refractivity contribution in [1.82, 2.24) is 0 Å². The fraction of sp³-hybridized carbons (Fsp3) is 1.00. The first-order valence-corrected chi connectivity index (χ1v) is 5.89. The molecular formula is C10H19BrO. The molecule has 12 heavy (non-hydrogen) atoms. The van der Waals surface area contributed by atoms with Crippen LogP contribution in [0.3, 0.4) is 0 Å². The van der Waals surface area contributed by atoms with E-state index in [1.807, 2.05) is 0 Å². The lowest BCUT2D eigenvalue weighted by molar-refractivity contribution is 0.173. The van der Waals surface area contributed by atoms with Gasteiger partial charge in [0.05, 0.1) is 0 Å². The van der Waals surface area contributed by atoms with E-state index in [4.69, 9.17) is 4.74 Å². The molecule has 0 aliphatic carbocycles. The Morgan fingerprint density at radius 3 is 2.83 bits per heavy atom. The van der Waals surface area contributed by atoms with Gasteiger partial charge in [-0.15, -0.1) is 0 Å². The topological polar surface area (TPSA) is 9.23 Å². The van der Waals surface area contributed by atoms with E-state index in [1.165, 1.54) is 19.3 Å². The lowest BCUT2D eigenvalue weighted by Gasteiger charge is -2.22. The summed E-state index contributed by atoms with van der Waals surface area (Å²) in [4.78, 5) is 0.689. The molecule has 1 heterocycles. The van der Waals surface area contributed by atoms with Crippen LogP contribution < -0.4 is 0 Å². The highest BCUT2D eigenvalue weighted by atomic mass is 79.9. The van der Waals surface area contributed by atoms with E-state index < -0.39 is 0 Å². The first-order chi connectivity index (χ1) is 5.75. The largest absolute Gasteiger partial charge is 0.381 e. The van der Waals surface area contributed by atoms with Gasteiger partial charge in [0.25, 0.3) is 0 Å². The Balaban J connectivity index is 2.29. The van der Waals surface area contributed by atoms with Crippen molar-refractivity contribution >= 4 is 15.9 Å². The fourth-order valence-electron chi connectivity index (χ4n) is 1.80. The molecule has 72 valence electrons. The molecule has 0 bridgehead atoms. The highest BCUT2D eigenvalue weighted by molar-refractivity contribution is 9.09. The first kappa shape index (κ1) is 10.5. The van der Waals surface area contributed by atoms with Gasteiger partial charge in [0.2, 0.25) is 0 Å². The zero-order chi connectivity index (χ0) is 8.97. The van der Waals surface area contributed by atoms with Crippen molar-refractivity contribution in [3.8, 4) is 0 Å². The summed E-state index contributed by atoms with van der Waals surface area (Å²) in [5, 5.41) is 0. The van der Waals surface area contributed by atoms with Crippen LogP contribution in [0.4, 0.5) is 0 Å². The van der Waals surface area contributed by atoms with Gasteiger partial charge in [-0.2, -0.15) is 0 Å². The van der Waals surface area contributed by atoms with Gasteiger partial charge in [0, 0.05) is 18.0 Å². The maximum absolute atomic E-state index is 5.39. The molecule has 3 unspecified atom stereocenters. The molecule has 0 spiro atoms. The number of ether oxygens (including phenoxy) is 1. The third-order valence-electron chi connectivity index (χ3n) is 2.84. The zero-order valence-corrected chi connectivity index (χ0v) is 9.64. The Morgan fingerprint density at radius 1 is 1.58 bits per heavy atom. The molecule has 1 aliphatic heterocycles. The average molecular weight is 235 g/mol. The first-order valence-electron chi connectivity index (χ1n) is 4.97. The van der Waals surface area contributed by atoms with Gasteiger partial charge in [-0.3, -0.25) is 0 Å². The smallest absolute Gasteiger partial charge is 0.0498 e. The highest BCUT2D eigenvalue weighted by Crippen LogP contribution is 2.30. The third kappa shape index (κ3) is 2.74. The summed E-state index contributed by atoms with van der Waals surface area (Å²) in [7, 11) is 0. The monoisotopic (exact) mass is 234 g/mol. The Hall–Kier alpha value is 0.440. The van der Waals surface area contributed by atoms with Crippen LogP contribution >= 0.6 is 15.9 Å². The van der Waals surface area contributed by atoms with Crippen molar-refractivity contribution in [1.29, 1.82) is 0 Å². The van der Waals surface area contributed by atoms with E-state index in [0.29, 0.717) is 4.83 Å². The van der Waals surface area contributed by atoms with Crippen LogP contribution in [0.5, 0.6) is 0 Å². The predicted octanol–water partition coefficient (Wildman–Crippen LogP) is 3.22. The van der Waals surface area contributed by atoms with E-state index in [9.17, 15) is 0 Å². The van der Waals surface area contributed by atoms with Gasteiger partial charge < -0.3 is 4.74 Å². The molecule has 3 atom stereocenters. The third-order valence-corrected chi connectivity index (χ3v) is 4.14. The van der Waals surface area contributed by atoms with Crippen LogP contribution in [0.1, 0.15) is 33.1 Å². The van der Waals surface area contributed by atoms with E-state index in [-0.39, 0.29) is 0 Å². The second kappa shape index (κ2) is 5.23. The second-order valence-electron chi connectivity index (χ2n) is 3.79. The Kier molecular flexibility index (Phi) is 4.59. The molecule has 0 radical (unpaired) electrons. The molecule has 0 saturated carbocycles. The van der Waals surface area contributed by atoms with Crippen molar-refractivity contribution < 1.29 is 4.74 Å². The quantitative estimate of drug-likeness (QED) is 0.680. The van der Waals surface area contributed by atoms with Crippen molar-refractivity contribution in [3.05, 3.63) is 0 Å². The summed E-state index contributed by atoms with van der Waals surface area (Å²) >= 11 is 3.76. The molecule has 0 N–H and O–H groups in total. The molecule has 0 amide bonds. The van der Waals surface area contributed by atoms with Crippen LogP contribution in [0.2, 0.25) is 0 Å². The zero-order valence-electron chi connectivity index (χ0n) is 8.05. The van der Waals surface area contributed by atoms with Crippen LogP contribution in [-0.4, -0.2) is 18.0 Å². The number of rotatable bonds is 4. The molecule has 1 saturated heterocycles. The van der Waals surface area contributed by atoms with Crippen molar-refractivity contribution in [3.63, 3.8) is 0 Å². The van der Waals surface area contributed by atoms with Gasteiger partial charge in [-0.25, -0.2) is 0 Å². The minimum atomic E-state index is 0.689. The summed E-state index contributed by atoms with van der Waals surface area (Å²) in [5.41, 5.74) is 0. The highest BCUT2D eigenvalue weighted by Gasteiger charge is 2.26. The van der Waals surface area contributed by atoms with Crippen molar-refractivity contribution in [2.75, 3.05) is 13.2 Å². The fourth-order valence-corrected chi connectivity index (χ4v) is 2.69. The van der Waals surface area contributed by atoms with E-state index >= 15 is 0 Å². The molecule has 1 rings (SSSR count). The molecule has 1 fully saturated rings.